The van der Waals surface area contributed by atoms with E-state index in [4.69, 9.17) is 0 Å². The molecule has 0 atom stereocenters. The Morgan fingerprint density at radius 2 is 1.63 bits per heavy atom. The van der Waals surface area contributed by atoms with E-state index in [0.29, 0.717) is 29.7 Å². The zero-order valence-corrected chi connectivity index (χ0v) is 18.1. The summed E-state index contributed by atoms with van der Waals surface area (Å²) in [5.74, 6) is 0.484. The van der Waals surface area contributed by atoms with E-state index in [-0.39, 0.29) is 5.91 Å². The molecular weight excluding hydrogens is 380 g/mol. The van der Waals surface area contributed by atoms with Crippen LogP contribution in [0.2, 0.25) is 0 Å². The lowest BCUT2D eigenvalue weighted by Crippen LogP contribution is -2.24. The number of nitrogens with one attached hydrogen (secondary N) is 2. The van der Waals surface area contributed by atoms with Crippen LogP contribution in [0.1, 0.15) is 65.2 Å². The second-order valence-corrected chi connectivity index (χ2v) is 10.3. The van der Waals surface area contributed by atoms with Crippen molar-refractivity contribution in [3.8, 4) is 0 Å². The minimum Gasteiger partial charge on any atom is -0.321 e. The molecule has 1 aromatic carbocycles. The monoisotopic (exact) mass is 408 g/mol. The van der Waals surface area contributed by atoms with Gasteiger partial charge < -0.3 is 5.32 Å². The summed E-state index contributed by atoms with van der Waals surface area (Å²) in [6.07, 6.45) is 1.70. The van der Waals surface area contributed by atoms with E-state index in [2.05, 4.69) is 49.9 Å². The number of para-hydroxylation sites is 1. The number of amides is 1. The number of rotatable bonds is 8. The number of benzene rings is 1. The summed E-state index contributed by atoms with van der Waals surface area (Å²) < 4.78 is 24.7. The second-order valence-electron chi connectivity index (χ2n) is 7.26. The largest absolute Gasteiger partial charge is 0.321 e. The van der Waals surface area contributed by atoms with Crippen molar-refractivity contribution in [2.75, 3.05) is 18.1 Å². The molecule has 1 aromatic heterocycles. The predicted molar refractivity (Wildman–Crippen MR) is 113 cm³/mol. The van der Waals surface area contributed by atoms with Crippen LogP contribution in [-0.2, 0) is 16.4 Å². The number of anilines is 1. The number of carbonyl (C=O) groups is 1. The lowest BCUT2D eigenvalue weighted by atomic mass is 9.92. The van der Waals surface area contributed by atoms with E-state index < -0.39 is 10.0 Å². The van der Waals surface area contributed by atoms with Crippen LogP contribution in [0.15, 0.2) is 30.3 Å². The lowest BCUT2D eigenvalue weighted by Gasteiger charge is -2.19. The first kappa shape index (κ1) is 21.6. The van der Waals surface area contributed by atoms with Crippen molar-refractivity contribution in [1.82, 2.24) is 4.72 Å². The Balaban J connectivity index is 2.16. The molecule has 0 aliphatic carbocycles. The third-order valence-corrected chi connectivity index (χ3v) is 6.10. The second kappa shape index (κ2) is 8.99. The molecule has 0 aliphatic heterocycles. The van der Waals surface area contributed by atoms with Crippen LogP contribution < -0.4 is 10.0 Å². The standard InChI is InChI=1S/C20H28N2O3S2/c1-13(2)16-7-6-8-17(14(3)4)19(16)22-20(23)18-10-9-15(26-18)11-12-21-27(5,24)25/h6-10,13-14,21H,11-12H2,1-5H3,(H,22,23). The van der Waals surface area contributed by atoms with Crippen molar-refractivity contribution in [3.05, 3.63) is 51.2 Å². The smallest absolute Gasteiger partial charge is 0.265 e. The number of carbonyl (C=O) groups excluding carboxylic acids is 1. The molecule has 0 spiro atoms. The van der Waals surface area contributed by atoms with Crippen molar-refractivity contribution < 1.29 is 13.2 Å². The van der Waals surface area contributed by atoms with Crippen LogP contribution in [0.3, 0.4) is 0 Å². The van der Waals surface area contributed by atoms with E-state index in [0.717, 1.165) is 27.9 Å². The molecule has 2 rings (SSSR count). The van der Waals surface area contributed by atoms with Gasteiger partial charge in [0.05, 0.1) is 11.1 Å². The molecule has 2 N–H and O–H groups in total. The highest BCUT2D eigenvalue weighted by atomic mass is 32.2. The van der Waals surface area contributed by atoms with Crippen molar-refractivity contribution in [2.24, 2.45) is 0 Å². The number of hydrogen-bond donors (Lipinski definition) is 2. The summed E-state index contributed by atoms with van der Waals surface area (Å²) in [6.45, 7) is 8.80. The third kappa shape index (κ3) is 6.16. The zero-order valence-electron chi connectivity index (χ0n) is 16.5. The van der Waals surface area contributed by atoms with Crippen molar-refractivity contribution in [2.45, 2.75) is 46.0 Å². The molecule has 5 nitrogen and oxygen atoms in total. The van der Waals surface area contributed by atoms with Gasteiger partial charge in [-0.05, 0) is 41.5 Å². The summed E-state index contributed by atoms with van der Waals surface area (Å²) in [6, 6.07) is 9.83. The maximum Gasteiger partial charge on any atom is 0.265 e. The Morgan fingerprint density at radius 3 is 2.15 bits per heavy atom. The van der Waals surface area contributed by atoms with E-state index in [9.17, 15) is 13.2 Å². The highest BCUT2D eigenvalue weighted by Gasteiger charge is 2.17. The molecule has 0 saturated carbocycles. The first-order valence-electron chi connectivity index (χ1n) is 9.06. The van der Waals surface area contributed by atoms with Crippen LogP contribution in [0.4, 0.5) is 5.69 Å². The molecule has 1 heterocycles. The average molecular weight is 409 g/mol. The van der Waals surface area contributed by atoms with Gasteiger partial charge in [0, 0.05) is 17.1 Å². The molecule has 0 saturated heterocycles. The topological polar surface area (TPSA) is 75.3 Å². The van der Waals surface area contributed by atoms with Gasteiger partial charge in [-0.15, -0.1) is 11.3 Å². The summed E-state index contributed by atoms with van der Waals surface area (Å²) in [5.41, 5.74) is 3.16. The molecule has 2 aromatic rings. The van der Waals surface area contributed by atoms with E-state index >= 15 is 0 Å². The first-order chi connectivity index (χ1) is 12.6. The number of thiophene rings is 1. The summed E-state index contributed by atoms with van der Waals surface area (Å²) in [7, 11) is -3.20. The van der Waals surface area contributed by atoms with Gasteiger partial charge in [0.15, 0.2) is 0 Å². The summed E-state index contributed by atoms with van der Waals surface area (Å²) in [4.78, 5) is 14.4. The zero-order chi connectivity index (χ0) is 20.2. The van der Waals surface area contributed by atoms with Crippen molar-refractivity contribution in [3.63, 3.8) is 0 Å². The summed E-state index contributed by atoms with van der Waals surface area (Å²) >= 11 is 1.39. The maximum absolute atomic E-state index is 12.8. The fourth-order valence-electron chi connectivity index (χ4n) is 2.86. The van der Waals surface area contributed by atoms with Crippen molar-refractivity contribution in [1.29, 1.82) is 0 Å². The Morgan fingerprint density at radius 1 is 1.04 bits per heavy atom. The number of hydrogen-bond acceptors (Lipinski definition) is 4. The van der Waals surface area contributed by atoms with Crippen LogP contribution in [-0.4, -0.2) is 27.1 Å². The molecule has 148 valence electrons. The van der Waals surface area contributed by atoms with Gasteiger partial charge in [0.1, 0.15) is 0 Å². The minimum atomic E-state index is -3.20. The molecule has 0 bridgehead atoms. The molecule has 0 aliphatic rings. The van der Waals surface area contributed by atoms with Gasteiger partial charge >= 0.3 is 0 Å². The van der Waals surface area contributed by atoms with Gasteiger partial charge in [0.2, 0.25) is 10.0 Å². The summed E-state index contributed by atoms with van der Waals surface area (Å²) in [5, 5.41) is 3.11. The van der Waals surface area contributed by atoms with Crippen LogP contribution in [0.5, 0.6) is 0 Å². The van der Waals surface area contributed by atoms with Crippen LogP contribution >= 0.6 is 11.3 Å². The SMILES string of the molecule is CC(C)c1cccc(C(C)C)c1NC(=O)c1ccc(CCNS(C)(=O)=O)s1. The van der Waals surface area contributed by atoms with E-state index in [1.54, 1.807) is 6.07 Å². The lowest BCUT2D eigenvalue weighted by molar-refractivity contribution is 0.103. The molecule has 27 heavy (non-hydrogen) atoms. The quantitative estimate of drug-likeness (QED) is 0.682. The molecule has 0 unspecified atom stereocenters. The third-order valence-electron chi connectivity index (χ3n) is 4.23. The minimum absolute atomic E-state index is 0.127. The highest BCUT2D eigenvalue weighted by Crippen LogP contribution is 2.33. The van der Waals surface area contributed by atoms with Gasteiger partial charge in [-0.25, -0.2) is 13.1 Å². The molecule has 1 amide bonds. The van der Waals surface area contributed by atoms with Crippen LogP contribution in [0.25, 0.3) is 0 Å². The predicted octanol–water partition coefficient (Wildman–Crippen LogP) is 4.34. The molecule has 0 radical (unpaired) electrons. The Bertz CT molecular complexity index is 873. The highest BCUT2D eigenvalue weighted by molar-refractivity contribution is 7.88. The van der Waals surface area contributed by atoms with Gasteiger partial charge in [-0.1, -0.05) is 45.9 Å². The molecule has 7 heteroatoms. The van der Waals surface area contributed by atoms with E-state index in [1.807, 2.05) is 12.1 Å². The molecular formula is C20H28N2O3S2. The Kier molecular flexibility index (Phi) is 7.19. The number of sulfonamides is 1. The average Bonchev–Trinajstić information content (AvgIpc) is 3.02. The van der Waals surface area contributed by atoms with E-state index in [1.165, 1.54) is 11.3 Å². The van der Waals surface area contributed by atoms with Crippen molar-refractivity contribution >= 4 is 33.0 Å². The van der Waals surface area contributed by atoms with Crippen LogP contribution in [0, 0.1) is 0 Å². The normalized spacial score (nSPS) is 12.0. The van der Waals surface area contributed by atoms with Gasteiger partial charge in [-0.2, -0.15) is 0 Å². The maximum atomic E-state index is 12.8. The van der Waals surface area contributed by atoms with Gasteiger partial charge in [-0.3, -0.25) is 4.79 Å². The molecule has 0 fully saturated rings. The fourth-order valence-corrected chi connectivity index (χ4v) is 4.24. The fraction of sp³-hybridized carbons (Fsp3) is 0.450. The first-order valence-corrected chi connectivity index (χ1v) is 11.8. The Labute approximate surface area is 166 Å². The van der Waals surface area contributed by atoms with Gasteiger partial charge in [0.25, 0.3) is 5.91 Å². The Hall–Kier alpha value is -1.70.